The Morgan fingerprint density at radius 3 is 2.60 bits per heavy atom. The molecule has 1 amide bonds. The molecule has 4 aromatic rings. The maximum absolute atomic E-state index is 12.8. The SMILES string of the molecule is O=C(Nc1nc(-c2cccc3ccccc23)cs1)C1CCN(c2ncccn2)CC1. The molecule has 0 saturated carbocycles. The van der Waals surface area contributed by atoms with E-state index in [0.29, 0.717) is 5.13 Å². The number of hydrogen-bond donors (Lipinski definition) is 1. The molecule has 150 valence electrons. The number of anilines is 2. The van der Waals surface area contributed by atoms with Crippen LogP contribution in [0.5, 0.6) is 0 Å². The number of nitrogens with zero attached hydrogens (tertiary/aromatic N) is 4. The number of fused-ring (bicyclic) bond motifs is 1. The number of carbonyl (C=O) groups excluding carboxylic acids is 1. The molecule has 0 spiro atoms. The van der Waals surface area contributed by atoms with Gasteiger partial charge in [0.1, 0.15) is 0 Å². The quantitative estimate of drug-likeness (QED) is 0.527. The lowest BCUT2D eigenvalue weighted by atomic mass is 9.96. The number of aromatic nitrogens is 3. The van der Waals surface area contributed by atoms with Gasteiger partial charge in [0.25, 0.3) is 0 Å². The van der Waals surface area contributed by atoms with Gasteiger partial charge in [0.2, 0.25) is 11.9 Å². The first kappa shape index (κ1) is 18.7. The fourth-order valence-corrected chi connectivity index (χ4v) is 4.62. The van der Waals surface area contributed by atoms with Crippen LogP contribution in [0.25, 0.3) is 22.0 Å². The van der Waals surface area contributed by atoms with E-state index in [2.05, 4.69) is 49.4 Å². The smallest absolute Gasteiger partial charge is 0.229 e. The summed E-state index contributed by atoms with van der Waals surface area (Å²) in [6.07, 6.45) is 5.06. The van der Waals surface area contributed by atoms with Crippen LogP contribution in [-0.2, 0) is 4.79 Å². The lowest BCUT2D eigenvalue weighted by Gasteiger charge is -2.30. The zero-order valence-corrected chi connectivity index (χ0v) is 17.2. The number of thiazole rings is 1. The molecular weight excluding hydrogens is 394 g/mol. The summed E-state index contributed by atoms with van der Waals surface area (Å²) in [6, 6.07) is 16.3. The Bertz CT molecular complexity index is 1160. The molecule has 1 N–H and O–H groups in total. The number of hydrogen-bond acceptors (Lipinski definition) is 6. The van der Waals surface area contributed by atoms with E-state index in [0.717, 1.165) is 43.1 Å². The molecule has 1 fully saturated rings. The second kappa shape index (κ2) is 8.20. The molecule has 0 radical (unpaired) electrons. The predicted molar refractivity (Wildman–Crippen MR) is 121 cm³/mol. The molecule has 2 aromatic heterocycles. The number of piperidine rings is 1. The minimum Gasteiger partial charge on any atom is -0.341 e. The highest BCUT2D eigenvalue weighted by Crippen LogP contribution is 2.31. The van der Waals surface area contributed by atoms with Gasteiger partial charge in [-0.25, -0.2) is 15.0 Å². The van der Waals surface area contributed by atoms with Gasteiger partial charge in [-0.2, -0.15) is 0 Å². The second-order valence-electron chi connectivity index (χ2n) is 7.36. The van der Waals surface area contributed by atoms with Crippen molar-refractivity contribution in [2.75, 3.05) is 23.3 Å². The van der Waals surface area contributed by atoms with Crippen molar-refractivity contribution in [2.45, 2.75) is 12.8 Å². The third kappa shape index (κ3) is 3.76. The number of rotatable bonds is 4. The van der Waals surface area contributed by atoms with E-state index >= 15 is 0 Å². The first-order valence-corrected chi connectivity index (χ1v) is 10.9. The Morgan fingerprint density at radius 2 is 1.77 bits per heavy atom. The van der Waals surface area contributed by atoms with Crippen molar-refractivity contribution in [3.8, 4) is 11.3 Å². The molecule has 1 aliphatic rings. The Labute approximate surface area is 178 Å². The lowest BCUT2D eigenvalue weighted by Crippen LogP contribution is -2.38. The second-order valence-corrected chi connectivity index (χ2v) is 8.22. The Hall–Kier alpha value is -3.32. The molecule has 2 aromatic carbocycles. The van der Waals surface area contributed by atoms with E-state index in [1.165, 1.54) is 22.1 Å². The Morgan fingerprint density at radius 1 is 1.00 bits per heavy atom. The number of benzene rings is 2. The van der Waals surface area contributed by atoms with Gasteiger partial charge in [0, 0.05) is 42.3 Å². The fraction of sp³-hybridized carbons (Fsp3) is 0.217. The molecule has 0 aliphatic carbocycles. The van der Waals surface area contributed by atoms with Crippen molar-refractivity contribution in [2.24, 2.45) is 5.92 Å². The standard InChI is InChI=1S/C23H21N5OS/c29-21(17-9-13-28(14-10-17)22-24-11-4-12-25-22)27-23-26-20(15-30-23)19-8-3-6-16-5-1-2-7-18(16)19/h1-8,11-12,15,17H,9-10,13-14H2,(H,26,27,29). The lowest BCUT2D eigenvalue weighted by molar-refractivity contribution is -0.120. The van der Waals surface area contributed by atoms with Crippen molar-refractivity contribution >= 4 is 39.1 Å². The maximum Gasteiger partial charge on any atom is 0.229 e. The van der Waals surface area contributed by atoms with Crippen molar-refractivity contribution in [1.82, 2.24) is 15.0 Å². The minimum absolute atomic E-state index is 0.0186. The summed E-state index contributed by atoms with van der Waals surface area (Å²) in [5, 5.41) is 8.03. The van der Waals surface area contributed by atoms with E-state index < -0.39 is 0 Å². The van der Waals surface area contributed by atoms with Gasteiger partial charge in [-0.3, -0.25) is 4.79 Å². The molecule has 1 aliphatic heterocycles. The normalized spacial score (nSPS) is 14.7. The summed E-state index contributed by atoms with van der Waals surface area (Å²) in [6.45, 7) is 1.56. The van der Waals surface area contributed by atoms with Crippen LogP contribution in [0.2, 0.25) is 0 Å². The van der Waals surface area contributed by atoms with Gasteiger partial charge in [0.05, 0.1) is 5.69 Å². The number of amides is 1. The van der Waals surface area contributed by atoms with Crippen molar-refractivity contribution in [3.63, 3.8) is 0 Å². The Balaban J connectivity index is 1.25. The van der Waals surface area contributed by atoms with Gasteiger partial charge in [0.15, 0.2) is 5.13 Å². The largest absolute Gasteiger partial charge is 0.341 e. The van der Waals surface area contributed by atoms with Crippen molar-refractivity contribution in [3.05, 3.63) is 66.3 Å². The summed E-state index contributed by atoms with van der Waals surface area (Å²) in [7, 11) is 0. The van der Waals surface area contributed by atoms with Gasteiger partial charge in [-0.15, -0.1) is 11.3 Å². The number of carbonyl (C=O) groups is 1. The minimum atomic E-state index is -0.0186. The van der Waals surface area contributed by atoms with Gasteiger partial charge >= 0.3 is 0 Å². The van der Waals surface area contributed by atoms with Crippen LogP contribution in [0.3, 0.4) is 0 Å². The predicted octanol–water partition coefficient (Wildman–Crippen LogP) is 4.61. The molecule has 0 atom stereocenters. The van der Waals surface area contributed by atoms with Crippen LogP contribution in [-0.4, -0.2) is 33.9 Å². The van der Waals surface area contributed by atoms with E-state index in [1.807, 2.05) is 29.6 Å². The van der Waals surface area contributed by atoms with E-state index in [9.17, 15) is 4.79 Å². The Kier molecular flexibility index (Phi) is 5.11. The van der Waals surface area contributed by atoms with Crippen LogP contribution in [0.1, 0.15) is 12.8 Å². The first-order chi connectivity index (χ1) is 14.8. The third-order valence-electron chi connectivity index (χ3n) is 5.50. The average Bonchev–Trinajstić information content (AvgIpc) is 3.27. The average molecular weight is 416 g/mol. The molecule has 30 heavy (non-hydrogen) atoms. The summed E-state index contributed by atoms with van der Waals surface area (Å²) in [4.78, 5) is 28.2. The number of nitrogens with one attached hydrogen (secondary N) is 1. The highest BCUT2D eigenvalue weighted by atomic mass is 32.1. The van der Waals surface area contributed by atoms with Crippen LogP contribution >= 0.6 is 11.3 Å². The zero-order chi connectivity index (χ0) is 20.3. The van der Waals surface area contributed by atoms with Crippen LogP contribution in [0, 0.1) is 5.92 Å². The van der Waals surface area contributed by atoms with E-state index in [4.69, 9.17) is 0 Å². The zero-order valence-electron chi connectivity index (χ0n) is 16.4. The highest BCUT2D eigenvalue weighted by molar-refractivity contribution is 7.14. The van der Waals surface area contributed by atoms with Crippen LogP contribution in [0.4, 0.5) is 11.1 Å². The molecule has 0 bridgehead atoms. The van der Waals surface area contributed by atoms with Gasteiger partial charge < -0.3 is 10.2 Å². The summed E-state index contributed by atoms with van der Waals surface area (Å²) in [5.41, 5.74) is 1.98. The maximum atomic E-state index is 12.8. The van der Waals surface area contributed by atoms with Gasteiger partial charge in [-0.05, 0) is 29.7 Å². The fourth-order valence-electron chi connectivity index (χ4n) is 3.91. The molecule has 0 unspecified atom stereocenters. The summed E-state index contributed by atoms with van der Waals surface area (Å²) < 4.78 is 0. The van der Waals surface area contributed by atoms with Crippen molar-refractivity contribution < 1.29 is 4.79 Å². The first-order valence-electron chi connectivity index (χ1n) is 10.0. The molecule has 1 saturated heterocycles. The molecule has 6 nitrogen and oxygen atoms in total. The molecule has 7 heteroatoms. The molecular formula is C23H21N5OS. The van der Waals surface area contributed by atoms with Crippen LogP contribution in [0.15, 0.2) is 66.3 Å². The molecule has 3 heterocycles. The monoisotopic (exact) mass is 415 g/mol. The summed E-state index contributed by atoms with van der Waals surface area (Å²) >= 11 is 1.47. The third-order valence-corrected chi connectivity index (χ3v) is 6.26. The van der Waals surface area contributed by atoms with Crippen LogP contribution < -0.4 is 10.2 Å². The van der Waals surface area contributed by atoms with Crippen molar-refractivity contribution in [1.29, 1.82) is 0 Å². The molecule has 5 rings (SSSR count). The topological polar surface area (TPSA) is 71.0 Å². The summed E-state index contributed by atoms with van der Waals surface area (Å²) in [5.74, 6) is 0.758. The van der Waals surface area contributed by atoms with Gasteiger partial charge in [-0.1, -0.05) is 42.5 Å². The highest BCUT2D eigenvalue weighted by Gasteiger charge is 2.26. The van der Waals surface area contributed by atoms with E-state index in [1.54, 1.807) is 12.4 Å². The van der Waals surface area contributed by atoms with E-state index in [-0.39, 0.29) is 11.8 Å².